The van der Waals surface area contributed by atoms with E-state index in [1.165, 1.54) is 5.56 Å². The quantitative estimate of drug-likeness (QED) is 0.347. The molecule has 1 aromatic heterocycles. The van der Waals surface area contributed by atoms with E-state index in [9.17, 15) is 9.59 Å². The molecule has 3 rings (SSSR count). The molecule has 5 heteroatoms. The average molecular weight is 319 g/mol. The van der Waals surface area contributed by atoms with Gasteiger partial charge in [0, 0.05) is 11.3 Å². The molecule has 0 bridgehead atoms. The monoisotopic (exact) mass is 319 g/mol. The van der Waals surface area contributed by atoms with Crippen LogP contribution in [0.4, 0.5) is 0 Å². The molecule has 2 aromatic rings. The number of nitrogens with zero attached hydrogens (tertiary/aromatic N) is 1. The maximum atomic E-state index is 11.5. The van der Waals surface area contributed by atoms with E-state index in [4.69, 9.17) is 5.73 Å². The molecular weight excluding hydrogens is 303 g/mol. The Hall–Kier alpha value is -0.594. The standard InChI is InChI=1S/C17H17N2O2.K/c1-17(16(18)21)6-4-11-8-13-2-3-14(10-20)19-15(13)9-12(11)5-7-17;/h2-3,8-10H,1,4-7H2,(H2,18,21);/q-1;+1/p-1. The van der Waals surface area contributed by atoms with Gasteiger partial charge in [0.2, 0.25) is 0 Å². The number of fused-ring (bicyclic) bond motifs is 2. The van der Waals surface area contributed by atoms with Crippen molar-refractivity contribution < 1.29 is 61.0 Å². The summed E-state index contributed by atoms with van der Waals surface area (Å²) in [5.41, 5.74) is 10.2. The van der Waals surface area contributed by atoms with E-state index in [1.807, 2.05) is 12.1 Å². The first kappa shape index (κ1) is 17.8. The van der Waals surface area contributed by atoms with Crippen molar-refractivity contribution in [3.05, 3.63) is 53.7 Å². The summed E-state index contributed by atoms with van der Waals surface area (Å²) in [5.74, 6) is -0.582. The van der Waals surface area contributed by atoms with Gasteiger partial charge in [-0.2, -0.15) is 0 Å². The number of amides is 1. The fraction of sp³-hybridized carbons (Fsp3) is 0.294. The van der Waals surface area contributed by atoms with Gasteiger partial charge >= 0.3 is 51.4 Å². The molecular formula is C17H16KN2O2-. The van der Waals surface area contributed by atoms with E-state index in [2.05, 4.69) is 18.0 Å². The number of aromatic nitrogens is 1. The van der Waals surface area contributed by atoms with Crippen LogP contribution in [0.25, 0.3) is 16.6 Å². The second-order valence-electron chi connectivity index (χ2n) is 5.78. The number of nitrogens with one attached hydrogen (secondary N) is 1. The first-order valence-corrected chi connectivity index (χ1v) is 7.01. The van der Waals surface area contributed by atoms with Crippen LogP contribution in [0.1, 0.15) is 34.5 Å². The summed E-state index contributed by atoms with van der Waals surface area (Å²) < 4.78 is 0. The molecule has 0 spiro atoms. The second kappa shape index (κ2) is 6.89. The van der Waals surface area contributed by atoms with Crippen molar-refractivity contribution in [3.8, 4) is 0 Å². The number of rotatable bonds is 2. The third-order valence-electron chi connectivity index (χ3n) is 4.38. The molecule has 1 unspecified atom stereocenters. The largest absolute Gasteiger partial charge is 1.00 e. The molecule has 1 atom stereocenters. The van der Waals surface area contributed by atoms with Crippen molar-refractivity contribution in [1.82, 2.24) is 4.98 Å². The molecule has 0 fully saturated rings. The zero-order valence-corrected chi connectivity index (χ0v) is 15.8. The van der Waals surface area contributed by atoms with Crippen LogP contribution in [-0.2, 0) is 17.6 Å². The summed E-state index contributed by atoms with van der Waals surface area (Å²) in [6, 6.07) is 7.67. The SMILES string of the molecule is [CH2-]C1(C([NH-])=O)CCc2cc3ccc(C=O)nc3cc2CC1.[K+]. The van der Waals surface area contributed by atoms with Crippen LogP contribution in [-0.4, -0.2) is 17.2 Å². The molecule has 1 aliphatic rings. The van der Waals surface area contributed by atoms with Crippen LogP contribution < -0.4 is 51.4 Å². The molecule has 22 heavy (non-hydrogen) atoms. The van der Waals surface area contributed by atoms with Gasteiger partial charge in [-0.3, -0.25) is 4.79 Å². The van der Waals surface area contributed by atoms with Crippen LogP contribution in [0.3, 0.4) is 0 Å². The molecule has 0 saturated heterocycles. The molecule has 1 amide bonds. The Labute approximate surface area is 172 Å². The molecule has 1 heterocycles. The van der Waals surface area contributed by atoms with Crippen LogP contribution in [0, 0.1) is 12.3 Å². The Morgan fingerprint density at radius 2 is 1.86 bits per heavy atom. The predicted octanol–water partition coefficient (Wildman–Crippen LogP) is 0.329. The smallest absolute Gasteiger partial charge is 0.670 e. The van der Waals surface area contributed by atoms with E-state index in [0.717, 1.165) is 29.2 Å². The number of aryl methyl sites for hydroxylation is 2. The Kier molecular flexibility index (Phi) is 5.56. The van der Waals surface area contributed by atoms with Crippen molar-refractivity contribution in [3.63, 3.8) is 0 Å². The van der Waals surface area contributed by atoms with E-state index >= 15 is 0 Å². The molecule has 1 aliphatic carbocycles. The van der Waals surface area contributed by atoms with Crippen molar-refractivity contribution >= 4 is 23.1 Å². The summed E-state index contributed by atoms with van der Waals surface area (Å²) in [6.07, 6.45) is 3.39. The fourth-order valence-electron chi connectivity index (χ4n) is 2.91. The predicted molar refractivity (Wildman–Crippen MR) is 80.9 cm³/mol. The molecule has 0 saturated carbocycles. The molecule has 108 valence electrons. The molecule has 0 aliphatic heterocycles. The minimum atomic E-state index is -0.799. The number of carbonyl (C=O) groups is 2. The summed E-state index contributed by atoms with van der Waals surface area (Å²) in [4.78, 5) is 26.6. The number of pyridine rings is 1. The number of aldehydes is 1. The Morgan fingerprint density at radius 3 is 2.45 bits per heavy atom. The topological polar surface area (TPSA) is 70.8 Å². The molecule has 4 nitrogen and oxygen atoms in total. The van der Waals surface area contributed by atoms with Crippen LogP contribution >= 0.6 is 0 Å². The average Bonchev–Trinajstić information content (AvgIpc) is 2.65. The summed E-state index contributed by atoms with van der Waals surface area (Å²) in [5, 5.41) is 0.994. The van der Waals surface area contributed by atoms with Crippen LogP contribution in [0.2, 0.25) is 0 Å². The first-order valence-electron chi connectivity index (χ1n) is 7.01. The van der Waals surface area contributed by atoms with Gasteiger partial charge in [-0.15, -0.1) is 5.41 Å². The normalized spacial score (nSPS) is 20.6. The Bertz CT molecular complexity index is 745. The van der Waals surface area contributed by atoms with Crippen molar-refractivity contribution in [2.24, 2.45) is 5.41 Å². The van der Waals surface area contributed by atoms with E-state index < -0.39 is 11.3 Å². The van der Waals surface area contributed by atoms with Gasteiger partial charge in [-0.1, -0.05) is 18.9 Å². The van der Waals surface area contributed by atoms with Crippen LogP contribution in [0.5, 0.6) is 0 Å². The van der Waals surface area contributed by atoms with Gasteiger partial charge in [0.1, 0.15) is 5.69 Å². The van der Waals surface area contributed by atoms with Crippen molar-refractivity contribution in [1.29, 1.82) is 0 Å². The van der Waals surface area contributed by atoms with Crippen molar-refractivity contribution in [2.45, 2.75) is 25.7 Å². The van der Waals surface area contributed by atoms with Gasteiger partial charge in [0.25, 0.3) is 0 Å². The third kappa shape index (κ3) is 3.33. The Balaban J connectivity index is 0.00000176. The molecule has 0 radical (unpaired) electrons. The second-order valence-corrected chi connectivity index (χ2v) is 5.78. The summed E-state index contributed by atoms with van der Waals surface area (Å²) >= 11 is 0. The van der Waals surface area contributed by atoms with Gasteiger partial charge in [-0.05, 0) is 42.2 Å². The van der Waals surface area contributed by atoms with Crippen molar-refractivity contribution in [2.75, 3.05) is 0 Å². The maximum absolute atomic E-state index is 11.5. The zero-order valence-electron chi connectivity index (χ0n) is 12.7. The van der Waals surface area contributed by atoms with E-state index in [-0.39, 0.29) is 51.4 Å². The minimum Gasteiger partial charge on any atom is -0.670 e. The Morgan fingerprint density at radius 1 is 1.23 bits per heavy atom. The molecule has 1 aromatic carbocycles. The van der Waals surface area contributed by atoms with Gasteiger partial charge in [0.05, 0.1) is 5.52 Å². The van der Waals surface area contributed by atoms with Gasteiger partial charge in [-0.25, -0.2) is 4.98 Å². The van der Waals surface area contributed by atoms with Crippen LogP contribution in [0.15, 0.2) is 24.3 Å². The number of hydrogen-bond donors (Lipinski definition) is 0. The molecule has 1 N–H and O–H groups in total. The number of hydrogen-bond acceptors (Lipinski definition) is 3. The van der Waals surface area contributed by atoms with Gasteiger partial charge in [0.15, 0.2) is 6.29 Å². The summed E-state index contributed by atoms with van der Waals surface area (Å²) in [6.45, 7) is 3.97. The summed E-state index contributed by atoms with van der Waals surface area (Å²) in [7, 11) is 0. The zero-order chi connectivity index (χ0) is 15.0. The maximum Gasteiger partial charge on any atom is 1.00 e. The first-order chi connectivity index (χ1) is 10.0. The van der Waals surface area contributed by atoms with E-state index in [1.54, 1.807) is 6.07 Å². The van der Waals surface area contributed by atoms with Gasteiger partial charge < -0.3 is 17.5 Å². The minimum absolute atomic E-state index is 0. The fourth-order valence-corrected chi connectivity index (χ4v) is 2.91. The number of benzene rings is 1. The number of carbonyl (C=O) groups excluding carboxylic acids is 2. The third-order valence-corrected chi connectivity index (χ3v) is 4.38. The van der Waals surface area contributed by atoms with E-state index in [0.29, 0.717) is 25.0 Å².